The third-order valence-corrected chi connectivity index (χ3v) is 4.14. The number of hydrogen-bond acceptors (Lipinski definition) is 3. The topological polar surface area (TPSA) is 71.1 Å². The molecule has 1 heterocycles. The molecule has 2 unspecified atom stereocenters. The molecule has 118 valence electrons. The molecular formula is C17H16ClN3O2. The van der Waals surface area contributed by atoms with Crippen molar-refractivity contribution in [1.29, 1.82) is 0 Å². The summed E-state index contributed by atoms with van der Waals surface area (Å²) in [5, 5.41) is 6.11. The van der Waals surface area contributed by atoms with E-state index in [2.05, 4.69) is 15.6 Å². The summed E-state index contributed by atoms with van der Waals surface area (Å²) in [6.45, 7) is 0.441. The van der Waals surface area contributed by atoms with Gasteiger partial charge in [-0.1, -0.05) is 23.7 Å². The van der Waals surface area contributed by atoms with E-state index in [-0.39, 0.29) is 23.7 Å². The largest absolute Gasteiger partial charge is 0.352 e. The number of benzene rings is 1. The quantitative estimate of drug-likeness (QED) is 0.885. The minimum absolute atomic E-state index is 0.0962. The van der Waals surface area contributed by atoms with Gasteiger partial charge in [0.15, 0.2) is 0 Å². The molecule has 6 heteroatoms. The van der Waals surface area contributed by atoms with Gasteiger partial charge in [-0.15, -0.1) is 0 Å². The number of carbonyl (C=O) groups excluding carboxylic acids is 2. The van der Waals surface area contributed by atoms with Crippen LogP contribution in [0.2, 0.25) is 5.02 Å². The number of halogens is 1. The molecule has 3 rings (SSSR count). The molecule has 1 fully saturated rings. The minimum atomic E-state index is -0.288. The Morgan fingerprint density at radius 1 is 1.09 bits per heavy atom. The van der Waals surface area contributed by atoms with E-state index in [0.717, 1.165) is 5.56 Å². The molecule has 1 saturated carbocycles. The van der Waals surface area contributed by atoms with Gasteiger partial charge in [0.2, 0.25) is 11.8 Å². The van der Waals surface area contributed by atoms with Crippen LogP contribution in [0, 0.1) is 11.8 Å². The second-order valence-electron chi connectivity index (χ2n) is 5.49. The van der Waals surface area contributed by atoms with Crippen LogP contribution in [0.25, 0.3) is 0 Å². The number of pyridine rings is 1. The monoisotopic (exact) mass is 329 g/mol. The lowest BCUT2D eigenvalue weighted by atomic mass is 10.2. The van der Waals surface area contributed by atoms with E-state index < -0.39 is 0 Å². The van der Waals surface area contributed by atoms with Gasteiger partial charge in [0, 0.05) is 18.9 Å². The molecule has 0 radical (unpaired) electrons. The highest BCUT2D eigenvalue weighted by molar-refractivity contribution is 6.33. The third kappa shape index (κ3) is 3.87. The summed E-state index contributed by atoms with van der Waals surface area (Å²) < 4.78 is 0. The van der Waals surface area contributed by atoms with Crippen molar-refractivity contribution in [2.75, 3.05) is 5.32 Å². The first-order valence-electron chi connectivity index (χ1n) is 7.37. The van der Waals surface area contributed by atoms with E-state index in [4.69, 9.17) is 11.6 Å². The van der Waals surface area contributed by atoms with Gasteiger partial charge < -0.3 is 10.6 Å². The number of carbonyl (C=O) groups is 2. The van der Waals surface area contributed by atoms with Crippen LogP contribution in [0.3, 0.4) is 0 Å². The van der Waals surface area contributed by atoms with E-state index in [1.165, 1.54) is 0 Å². The maximum atomic E-state index is 12.2. The molecule has 0 spiro atoms. The fourth-order valence-electron chi connectivity index (χ4n) is 2.38. The van der Waals surface area contributed by atoms with Gasteiger partial charge >= 0.3 is 0 Å². The van der Waals surface area contributed by atoms with Gasteiger partial charge in [0.25, 0.3) is 0 Å². The highest BCUT2D eigenvalue weighted by Gasteiger charge is 2.47. The zero-order valence-electron chi connectivity index (χ0n) is 12.3. The zero-order chi connectivity index (χ0) is 16.2. The van der Waals surface area contributed by atoms with Gasteiger partial charge in [-0.05, 0) is 36.2 Å². The number of anilines is 1. The molecule has 23 heavy (non-hydrogen) atoms. The Hall–Kier alpha value is -2.40. The van der Waals surface area contributed by atoms with E-state index in [9.17, 15) is 9.59 Å². The molecule has 1 aromatic heterocycles. The number of rotatable bonds is 5. The molecule has 1 aliphatic rings. The molecule has 0 bridgehead atoms. The molecule has 5 nitrogen and oxygen atoms in total. The van der Waals surface area contributed by atoms with Crippen molar-refractivity contribution in [2.24, 2.45) is 11.8 Å². The maximum absolute atomic E-state index is 12.2. The molecule has 2 atom stereocenters. The highest BCUT2D eigenvalue weighted by Crippen LogP contribution is 2.40. The molecule has 1 aromatic carbocycles. The molecule has 2 amide bonds. The Labute approximate surface area is 139 Å². The second-order valence-corrected chi connectivity index (χ2v) is 5.90. The van der Waals surface area contributed by atoms with Gasteiger partial charge in [0.05, 0.1) is 22.5 Å². The molecule has 0 aliphatic heterocycles. The van der Waals surface area contributed by atoms with Crippen LogP contribution in [0.1, 0.15) is 12.0 Å². The third-order valence-electron chi connectivity index (χ3n) is 3.81. The van der Waals surface area contributed by atoms with Crippen LogP contribution < -0.4 is 10.6 Å². The second kappa shape index (κ2) is 6.79. The normalized spacial score (nSPS) is 19.0. The van der Waals surface area contributed by atoms with Crippen LogP contribution in [0.5, 0.6) is 0 Å². The lowest BCUT2D eigenvalue weighted by molar-refractivity contribution is -0.125. The average Bonchev–Trinajstić information content (AvgIpc) is 3.36. The SMILES string of the molecule is O=C(NCc1ccncc1)C1CC1C(=O)Nc1ccccc1Cl. The molecule has 2 N–H and O–H groups in total. The highest BCUT2D eigenvalue weighted by atomic mass is 35.5. The summed E-state index contributed by atoms with van der Waals surface area (Å²) in [6, 6.07) is 10.7. The summed E-state index contributed by atoms with van der Waals surface area (Å²) in [5.41, 5.74) is 1.55. The molecule has 1 aliphatic carbocycles. The van der Waals surface area contributed by atoms with Gasteiger partial charge in [-0.3, -0.25) is 14.6 Å². The van der Waals surface area contributed by atoms with Crippen LogP contribution in [0.4, 0.5) is 5.69 Å². The predicted octanol–water partition coefficient (Wildman–Crippen LogP) is 2.63. The number of para-hydroxylation sites is 1. The van der Waals surface area contributed by atoms with Crippen molar-refractivity contribution in [3.8, 4) is 0 Å². The van der Waals surface area contributed by atoms with Gasteiger partial charge in [0.1, 0.15) is 0 Å². The van der Waals surface area contributed by atoms with E-state index in [1.54, 1.807) is 36.7 Å². The summed E-state index contributed by atoms with van der Waals surface area (Å²) in [7, 11) is 0. The zero-order valence-corrected chi connectivity index (χ0v) is 13.1. The molecule has 2 aromatic rings. The van der Waals surface area contributed by atoms with Crippen molar-refractivity contribution in [3.63, 3.8) is 0 Å². The lowest BCUT2D eigenvalue weighted by Gasteiger charge is -2.07. The van der Waals surface area contributed by atoms with E-state index >= 15 is 0 Å². The Morgan fingerprint density at radius 3 is 2.52 bits per heavy atom. The standard InChI is InChI=1S/C17H16ClN3O2/c18-14-3-1-2-4-15(14)21-17(23)13-9-12(13)16(22)20-10-11-5-7-19-8-6-11/h1-8,12-13H,9-10H2,(H,20,22)(H,21,23). The number of hydrogen-bond donors (Lipinski definition) is 2. The van der Waals surface area contributed by atoms with Crippen LogP contribution in [-0.2, 0) is 16.1 Å². The fraction of sp³-hybridized carbons (Fsp3) is 0.235. The Balaban J connectivity index is 1.49. The number of amides is 2. The first kappa shape index (κ1) is 15.5. The first-order valence-corrected chi connectivity index (χ1v) is 7.75. The van der Waals surface area contributed by atoms with Gasteiger partial charge in [-0.25, -0.2) is 0 Å². The molecule has 0 saturated heterocycles. The van der Waals surface area contributed by atoms with Crippen LogP contribution >= 0.6 is 11.6 Å². The maximum Gasteiger partial charge on any atom is 0.228 e. The van der Waals surface area contributed by atoms with Crippen molar-refractivity contribution in [2.45, 2.75) is 13.0 Å². The van der Waals surface area contributed by atoms with Crippen molar-refractivity contribution >= 4 is 29.1 Å². The average molecular weight is 330 g/mol. The van der Waals surface area contributed by atoms with Gasteiger partial charge in [-0.2, -0.15) is 0 Å². The summed E-state index contributed by atoms with van der Waals surface area (Å²) >= 11 is 6.01. The smallest absolute Gasteiger partial charge is 0.228 e. The number of nitrogens with one attached hydrogen (secondary N) is 2. The van der Waals surface area contributed by atoms with Crippen molar-refractivity contribution in [3.05, 3.63) is 59.4 Å². The summed E-state index contributed by atoms with van der Waals surface area (Å²) in [5.74, 6) is -0.814. The lowest BCUT2D eigenvalue weighted by Crippen LogP contribution is -2.27. The van der Waals surface area contributed by atoms with Crippen molar-refractivity contribution < 1.29 is 9.59 Å². The molecular weight excluding hydrogens is 314 g/mol. The van der Waals surface area contributed by atoms with Crippen LogP contribution in [-0.4, -0.2) is 16.8 Å². The summed E-state index contributed by atoms with van der Waals surface area (Å²) in [4.78, 5) is 28.2. The number of aromatic nitrogens is 1. The van der Waals surface area contributed by atoms with E-state index in [0.29, 0.717) is 23.7 Å². The minimum Gasteiger partial charge on any atom is -0.352 e. The van der Waals surface area contributed by atoms with Crippen LogP contribution in [0.15, 0.2) is 48.8 Å². The first-order chi connectivity index (χ1) is 11.1. The Morgan fingerprint density at radius 2 is 1.78 bits per heavy atom. The fourth-order valence-corrected chi connectivity index (χ4v) is 2.57. The number of nitrogens with zero attached hydrogens (tertiary/aromatic N) is 1. The Bertz CT molecular complexity index is 721. The predicted molar refractivity (Wildman–Crippen MR) is 87.8 cm³/mol. The van der Waals surface area contributed by atoms with Crippen molar-refractivity contribution in [1.82, 2.24) is 10.3 Å². The summed E-state index contributed by atoms with van der Waals surface area (Å²) in [6.07, 6.45) is 3.93. The van der Waals surface area contributed by atoms with E-state index in [1.807, 2.05) is 12.1 Å². The Kier molecular flexibility index (Phi) is 4.57.